The molecule has 0 aromatic heterocycles. The van der Waals surface area contributed by atoms with Crippen molar-refractivity contribution in [3.05, 3.63) is 0 Å². The van der Waals surface area contributed by atoms with Gasteiger partial charge in [-0.3, -0.25) is 4.79 Å². The van der Waals surface area contributed by atoms with E-state index in [4.69, 9.17) is 0 Å². The van der Waals surface area contributed by atoms with Gasteiger partial charge in [0.1, 0.15) is 0 Å². The van der Waals surface area contributed by atoms with Crippen molar-refractivity contribution >= 4 is 18.3 Å². The number of hydrogen-bond donors (Lipinski definition) is 1. The average Bonchev–Trinajstić information content (AvgIpc) is 2.82. The summed E-state index contributed by atoms with van der Waals surface area (Å²) in [6, 6.07) is 0. The zero-order valence-electron chi connectivity index (χ0n) is 13.1. The first-order valence-electron chi connectivity index (χ1n) is 8.17. The maximum Gasteiger partial charge on any atom is 0.222 e. The third-order valence-electron chi connectivity index (χ3n) is 4.92. The van der Waals surface area contributed by atoms with Crippen LogP contribution in [0.3, 0.4) is 0 Å². The molecule has 118 valence electrons. The molecular weight excluding hydrogens is 272 g/mol. The molecule has 20 heavy (non-hydrogen) atoms. The molecule has 2 atom stereocenters. The number of piperidine rings is 1. The molecule has 0 aromatic carbocycles. The second kappa shape index (κ2) is 8.89. The Bertz CT molecular complexity index is 290. The monoisotopic (exact) mass is 302 g/mol. The van der Waals surface area contributed by atoms with Gasteiger partial charge in [-0.15, -0.1) is 12.4 Å². The van der Waals surface area contributed by atoms with Crippen molar-refractivity contribution in [1.29, 1.82) is 0 Å². The lowest BCUT2D eigenvalue weighted by Crippen LogP contribution is -2.41. The van der Waals surface area contributed by atoms with Crippen molar-refractivity contribution in [2.75, 3.05) is 26.2 Å². The lowest BCUT2D eigenvalue weighted by molar-refractivity contribution is -0.133. The minimum atomic E-state index is 0. The molecule has 4 heteroatoms. The van der Waals surface area contributed by atoms with Crippen LogP contribution in [0.1, 0.15) is 52.4 Å². The van der Waals surface area contributed by atoms with Gasteiger partial charge in [0.15, 0.2) is 0 Å². The van der Waals surface area contributed by atoms with Gasteiger partial charge in [-0.25, -0.2) is 0 Å². The molecular formula is C16H31ClN2O. The van der Waals surface area contributed by atoms with Gasteiger partial charge >= 0.3 is 0 Å². The lowest BCUT2D eigenvalue weighted by atomic mass is 9.95. The Morgan fingerprint density at radius 3 is 2.40 bits per heavy atom. The Hall–Kier alpha value is -0.280. The van der Waals surface area contributed by atoms with Crippen LogP contribution in [0.2, 0.25) is 0 Å². The fourth-order valence-corrected chi connectivity index (χ4v) is 3.62. The van der Waals surface area contributed by atoms with Gasteiger partial charge in [0.05, 0.1) is 0 Å². The van der Waals surface area contributed by atoms with Crippen molar-refractivity contribution in [3.63, 3.8) is 0 Å². The van der Waals surface area contributed by atoms with E-state index in [2.05, 4.69) is 24.1 Å². The third-order valence-corrected chi connectivity index (χ3v) is 4.92. The molecule has 0 bridgehead atoms. The molecule has 1 heterocycles. The second-order valence-corrected chi connectivity index (χ2v) is 6.62. The Morgan fingerprint density at radius 2 is 1.85 bits per heavy atom. The second-order valence-electron chi connectivity index (χ2n) is 6.62. The minimum Gasteiger partial charge on any atom is -0.343 e. The van der Waals surface area contributed by atoms with Crippen LogP contribution in [-0.2, 0) is 4.79 Å². The smallest absolute Gasteiger partial charge is 0.222 e. The number of carbonyl (C=O) groups excluding carboxylic acids is 1. The van der Waals surface area contributed by atoms with E-state index < -0.39 is 0 Å². The molecule has 0 spiro atoms. The fraction of sp³-hybridized carbons (Fsp3) is 0.938. The van der Waals surface area contributed by atoms with E-state index in [1.807, 2.05) is 0 Å². The molecule has 1 saturated heterocycles. The molecule has 2 unspecified atom stereocenters. The van der Waals surface area contributed by atoms with E-state index in [1.165, 1.54) is 32.1 Å². The number of amides is 1. The average molecular weight is 303 g/mol. The van der Waals surface area contributed by atoms with Crippen molar-refractivity contribution in [1.82, 2.24) is 10.2 Å². The zero-order chi connectivity index (χ0) is 13.7. The van der Waals surface area contributed by atoms with Crippen molar-refractivity contribution < 1.29 is 4.79 Å². The summed E-state index contributed by atoms with van der Waals surface area (Å²) < 4.78 is 0. The van der Waals surface area contributed by atoms with Crippen molar-refractivity contribution in [3.8, 4) is 0 Å². The molecule has 1 N–H and O–H groups in total. The highest BCUT2D eigenvalue weighted by Crippen LogP contribution is 2.33. The van der Waals surface area contributed by atoms with Gasteiger partial charge in [-0.2, -0.15) is 0 Å². The van der Waals surface area contributed by atoms with E-state index in [1.54, 1.807) is 0 Å². The molecule has 1 saturated carbocycles. The number of halogens is 1. The normalized spacial score (nSPS) is 27.4. The highest BCUT2D eigenvalue weighted by molar-refractivity contribution is 5.85. The maximum atomic E-state index is 12.3. The first-order valence-corrected chi connectivity index (χ1v) is 8.17. The summed E-state index contributed by atoms with van der Waals surface area (Å²) in [5.74, 6) is 2.70. The van der Waals surface area contributed by atoms with Crippen LogP contribution in [0.5, 0.6) is 0 Å². The molecule has 1 aliphatic carbocycles. The maximum absolute atomic E-state index is 12.3. The predicted octanol–water partition coefficient (Wildman–Crippen LogP) is 3.08. The summed E-state index contributed by atoms with van der Waals surface area (Å²) in [5, 5.41) is 3.42. The molecule has 1 aliphatic heterocycles. The van der Waals surface area contributed by atoms with Crippen molar-refractivity contribution in [2.24, 2.45) is 17.8 Å². The van der Waals surface area contributed by atoms with Crippen LogP contribution < -0.4 is 5.32 Å². The summed E-state index contributed by atoms with van der Waals surface area (Å²) in [7, 11) is 0. The summed E-state index contributed by atoms with van der Waals surface area (Å²) in [4.78, 5) is 14.4. The summed E-state index contributed by atoms with van der Waals surface area (Å²) in [6.07, 6.45) is 7.02. The largest absolute Gasteiger partial charge is 0.343 e. The van der Waals surface area contributed by atoms with E-state index >= 15 is 0 Å². The van der Waals surface area contributed by atoms with Crippen molar-refractivity contribution in [2.45, 2.75) is 52.4 Å². The van der Waals surface area contributed by atoms with Crippen LogP contribution in [0.25, 0.3) is 0 Å². The van der Waals surface area contributed by atoms with Gasteiger partial charge in [-0.05, 0) is 56.5 Å². The molecule has 2 rings (SSSR count). The van der Waals surface area contributed by atoms with Gasteiger partial charge in [0.25, 0.3) is 0 Å². The van der Waals surface area contributed by atoms with Crippen LogP contribution in [0, 0.1) is 17.8 Å². The van der Waals surface area contributed by atoms with Gasteiger partial charge in [0, 0.05) is 19.5 Å². The Balaban J connectivity index is 0.00000200. The van der Waals surface area contributed by atoms with Crippen LogP contribution in [0.4, 0.5) is 0 Å². The SMILES string of the molecule is CCNCC1CCN(C(=O)CC2CCC(C)C2)CC1.Cl. The number of nitrogens with zero attached hydrogens (tertiary/aromatic N) is 1. The first kappa shape index (κ1) is 17.8. The Kier molecular flexibility index (Phi) is 7.90. The summed E-state index contributed by atoms with van der Waals surface area (Å²) in [5.41, 5.74) is 0. The molecule has 2 aliphatic rings. The molecule has 3 nitrogen and oxygen atoms in total. The standard InChI is InChI=1S/C16H30N2O.ClH/c1-3-17-12-14-6-8-18(9-7-14)16(19)11-15-5-4-13(2)10-15;/h13-15,17H,3-12H2,1-2H3;1H. The molecule has 0 radical (unpaired) electrons. The fourth-order valence-electron chi connectivity index (χ4n) is 3.62. The summed E-state index contributed by atoms with van der Waals surface area (Å²) in [6.45, 7) is 8.62. The van der Waals surface area contributed by atoms with E-state index in [0.717, 1.165) is 44.4 Å². The van der Waals surface area contributed by atoms with E-state index in [-0.39, 0.29) is 12.4 Å². The Labute approximate surface area is 130 Å². The predicted molar refractivity (Wildman–Crippen MR) is 86.2 cm³/mol. The van der Waals surface area contributed by atoms with Crippen LogP contribution in [-0.4, -0.2) is 37.0 Å². The zero-order valence-corrected chi connectivity index (χ0v) is 13.9. The topological polar surface area (TPSA) is 32.3 Å². The first-order chi connectivity index (χ1) is 9.19. The highest BCUT2D eigenvalue weighted by atomic mass is 35.5. The van der Waals surface area contributed by atoms with E-state index in [9.17, 15) is 4.79 Å². The van der Waals surface area contributed by atoms with Crippen LogP contribution in [0.15, 0.2) is 0 Å². The van der Waals surface area contributed by atoms with Gasteiger partial charge < -0.3 is 10.2 Å². The van der Waals surface area contributed by atoms with E-state index in [0.29, 0.717) is 11.8 Å². The quantitative estimate of drug-likeness (QED) is 0.846. The summed E-state index contributed by atoms with van der Waals surface area (Å²) >= 11 is 0. The molecule has 0 aromatic rings. The number of likely N-dealkylation sites (tertiary alicyclic amines) is 1. The minimum absolute atomic E-state index is 0. The molecule has 1 amide bonds. The van der Waals surface area contributed by atoms with Crippen LogP contribution >= 0.6 is 12.4 Å². The third kappa shape index (κ3) is 5.25. The Morgan fingerprint density at radius 1 is 1.15 bits per heavy atom. The number of rotatable bonds is 5. The lowest BCUT2D eigenvalue weighted by Gasteiger charge is -2.32. The van der Waals surface area contributed by atoms with Gasteiger partial charge in [0.2, 0.25) is 5.91 Å². The number of nitrogens with one attached hydrogen (secondary N) is 1. The van der Waals surface area contributed by atoms with Gasteiger partial charge in [-0.1, -0.05) is 20.3 Å². The molecule has 2 fully saturated rings. The number of carbonyl (C=O) groups is 1. The highest BCUT2D eigenvalue weighted by Gasteiger charge is 2.27. The number of hydrogen-bond acceptors (Lipinski definition) is 2.